The average molecular weight is 240 g/mol. The van der Waals surface area contributed by atoms with Crippen LogP contribution < -0.4 is 0 Å². The molecule has 1 saturated heterocycles. The Morgan fingerprint density at radius 2 is 1.82 bits per heavy atom. The fourth-order valence-corrected chi connectivity index (χ4v) is 1.89. The molecular weight excluding hydrogens is 220 g/mol. The van der Waals surface area contributed by atoms with Crippen molar-refractivity contribution in [2.24, 2.45) is 0 Å². The van der Waals surface area contributed by atoms with Crippen molar-refractivity contribution < 1.29 is 14.7 Å². The Kier molecular flexibility index (Phi) is 5.15. The van der Waals surface area contributed by atoms with E-state index >= 15 is 0 Å². The molecule has 5 nitrogen and oxygen atoms in total. The Morgan fingerprint density at radius 1 is 1.24 bits per heavy atom. The maximum absolute atomic E-state index is 11.6. The van der Waals surface area contributed by atoms with Gasteiger partial charge >= 0.3 is 5.97 Å². The van der Waals surface area contributed by atoms with Gasteiger partial charge in [0.1, 0.15) is 0 Å². The zero-order chi connectivity index (χ0) is 12.8. The number of carbonyl (C=O) groups excluding carboxylic acids is 1. The van der Waals surface area contributed by atoms with Crippen molar-refractivity contribution in [3.05, 3.63) is 12.2 Å². The van der Waals surface area contributed by atoms with Crippen molar-refractivity contribution in [1.82, 2.24) is 9.80 Å². The minimum atomic E-state index is -1.09. The zero-order valence-corrected chi connectivity index (χ0v) is 10.4. The Labute approximate surface area is 102 Å². The van der Waals surface area contributed by atoms with Gasteiger partial charge < -0.3 is 10.0 Å². The Bertz CT molecular complexity index is 307. The minimum absolute atomic E-state index is 0.212. The molecule has 0 aromatic heterocycles. The number of hydrogen-bond donors (Lipinski definition) is 1. The lowest BCUT2D eigenvalue weighted by atomic mass is 10.2. The van der Waals surface area contributed by atoms with Crippen LogP contribution in [0.1, 0.15) is 20.3 Å². The lowest BCUT2D eigenvalue weighted by Gasteiger charge is -2.37. The molecule has 0 spiro atoms. The summed E-state index contributed by atoms with van der Waals surface area (Å²) in [5.41, 5.74) is 0. The Hall–Kier alpha value is -1.36. The first-order valence-corrected chi connectivity index (χ1v) is 5.98. The van der Waals surface area contributed by atoms with Crippen LogP contribution in [0.3, 0.4) is 0 Å². The van der Waals surface area contributed by atoms with E-state index < -0.39 is 5.97 Å². The fraction of sp³-hybridized carbons (Fsp3) is 0.667. The summed E-state index contributed by atoms with van der Waals surface area (Å²) in [5.74, 6) is -1.30. The number of rotatable bonds is 4. The quantitative estimate of drug-likeness (QED) is 0.730. The van der Waals surface area contributed by atoms with Gasteiger partial charge in [0.2, 0.25) is 5.91 Å². The second-order valence-corrected chi connectivity index (χ2v) is 4.29. The molecule has 0 bridgehead atoms. The van der Waals surface area contributed by atoms with E-state index in [-0.39, 0.29) is 5.91 Å². The van der Waals surface area contributed by atoms with Crippen LogP contribution in [0.25, 0.3) is 0 Å². The molecule has 17 heavy (non-hydrogen) atoms. The lowest BCUT2D eigenvalue weighted by Crippen LogP contribution is -2.50. The maximum Gasteiger partial charge on any atom is 0.328 e. The van der Waals surface area contributed by atoms with E-state index in [0.717, 1.165) is 31.7 Å². The summed E-state index contributed by atoms with van der Waals surface area (Å²) >= 11 is 0. The molecule has 0 aromatic rings. The van der Waals surface area contributed by atoms with E-state index in [2.05, 4.69) is 18.7 Å². The van der Waals surface area contributed by atoms with E-state index in [4.69, 9.17) is 5.11 Å². The molecule has 1 rings (SSSR count). The molecule has 1 N–H and O–H groups in total. The second-order valence-electron chi connectivity index (χ2n) is 4.29. The monoisotopic (exact) mass is 240 g/mol. The molecule has 1 atom stereocenters. The van der Waals surface area contributed by atoms with E-state index in [1.165, 1.54) is 0 Å². The molecule has 5 heteroatoms. The van der Waals surface area contributed by atoms with E-state index in [1.807, 2.05) is 0 Å². The summed E-state index contributed by atoms with van der Waals surface area (Å²) in [6.07, 6.45) is 3.12. The molecule has 0 saturated carbocycles. The fourth-order valence-electron chi connectivity index (χ4n) is 1.89. The summed E-state index contributed by atoms with van der Waals surface area (Å²) < 4.78 is 0. The largest absolute Gasteiger partial charge is 0.478 e. The van der Waals surface area contributed by atoms with Gasteiger partial charge in [-0.2, -0.15) is 0 Å². The van der Waals surface area contributed by atoms with Crippen LogP contribution >= 0.6 is 0 Å². The predicted molar refractivity (Wildman–Crippen MR) is 64.7 cm³/mol. The normalized spacial score (nSPS) is 19.5. The van der Waals surface area contributed by atoms with Crippen molar-refractivity contribution >= 4 is 11.9 Å². The third-order valence-corrected chi connectivity index (χ3v) is 3.21. The maximum atomic E-state index is 11.6. The highest BCUT2D eigenvalue weighted by Gasteiger charge is 2.21. The van der Waals surface area contributed by atoms with Crippen LogP contribution in [0.2, 0.25) is 0 Å². The van der Waals surface area contributed by atoms with Crippen LogP contribution in [0.4, 0.5) is 0 Å². The molecule has 0 radical (unpaired) electrons. The third kappa shape index (κ3) is 4.19. The molecule has 1 fully saturated rings. The lowest BCUT2D eigenvalue weighted by molar-refractivity contribution is -0.132. The number of nitrogens with zero attached hydrogens (tertiary/aromatic N) is 2. The van der Waals surface area contributed by atoms with Crippen LogP contribution in [0.15, 0.2) is 12.2 Å². The van der Waals surface area contributed by atoms with Crippen LogP contribution in [-0.2, 0) is 9.59 Å². The molecular formula is C12H20N2O3. The summed E-state index contributed by atoms with van der Waals surface area (Å²) in [7, 11) is 0. The number of piperazine rings is 1. The number of carboxylic acids is 1. The summed E-state index contributed by atoms with van der Waals surface area (Å²) in [6, 6.07) is 0.543. The van der Waals surface area contributed by atoms with Crippen molar-refractivity contribution in [2.45, 2.75) is 26.3 Å². The SMILES string of the molecule is CCC(C)N1CCN(C(=O)C=CC(=O)O)CC1. The summed E-state index contributed by atoms with van der Waals surface area (Å²) in [6.45, 7) is 7.41. The zero-order valence-electron chi connectivity index (χ0n) is 10.4. The summed E-state index contributed by atoms with van der Waals surface area (Å²) in [5, 5.41) is 8.44. The topological polar surface area (TPSA) is 60.9 Å². The molecule has 96 valence electrons. The van der Waals surface area contributed by atoms with Crippen molar-refractivity contribution in [3.8, 4) is 0 Å². The van der Waals surface area contributed by atoms with Crippen LogP contribution in [-0.4, -0.2) is 59.0 Å². The second kappa shape index (κ2) is 6.39. The number of carboxylic acid groups (broad SMARTS) is 1. The van der Waals surface area contributed by atoms with Gasteiger partial charge in [0, 0.05) is 44.4 Å². The molecule has 0 aromatic carbocycles. The smallest absolute Gasteiger partial charge is 0.328 e. The van der Waals surface area contributed by atoms with Gasteiger partial charge in [-0.3, -0.25) is 9.69 Å². The highest BCUT2D eigenvalue weighted by atomic mass is 16.4. The molecule has 1 amide bonds. The predicted octanol–water partition coefficient (Wildman–Crippen LogP) is 0.570. The minimum Gasteiger partial charge on any atom is -0.478 e. The van der Waals surface area contributed by atoms with Crippen LogP contribution in [0, 0.1) is 0 Å². The van der Waals surface area contributed by atoms with Gasteiger partial charge in [-0.15, -0.1) is 0 Å². The highest BCUT2D eigenvalue weighted by molar-refractivity contribution is 5.93. The van der Waals surface area contributed by atoms with E-state index in [1.54, 1.807) is 4.90 Å². The van der Waals surface area contributed by atoms with E-state index in [9.17, 15) is 9.59 Å². The van der Waals surface area contributed by atoms with Gasteiger partial charge in [-0.25, -0.2) is 4.79 Å². The number of hydrogen-bond acceptors (Lipinski definition) is 3. The molecule has 1 aliphatic rings. The Morgan fingerprint density at radius 3 is 2.29 bits per heavy atom. The van der Waals surface area contributed by atoms with Gasteiger partial charge in [0.25, 0.3) is 0 Å². The first-order chi connectivity index (χ1) is 8.04. The van der Waals surface area contributed by atoms with Crippen LogP contribution in [0.5, 0.6) is 0 Å². The first-order valence-electron chi connectivity index (χ1n) is 5.98. The first kappa shape index (κ1) is 13.7. The van der Waals surface area contributed by atoms with Crippen molar-refractivity contribution in [1.29, 1.82) is 0 Å². The van der Waals surface area contributed by atoms with Crippen molar-refractivity contribution in [3.63, 3.8) is 0 Å². The standard InChI is InChI=1S/C12H20N2O3/c1-3-10(2)13-6-8-14(9-7-13)11(15)4-5-12(16)17/h4-5,10H,3,6-9H2,1-2H3,(H,16,17). The van der Waals surface area contributed by atoms with Gasteiger partial charge in [-0.1, -0.05) is 6.92 Å². The molecule has 1 unspecified atom stereocenters. The van der Waals surface area contributed by atoms with Gasteiger partial charge in [0.15, 0.2) is 0 Å². The van der Waals surface area contributed by atoms with E-state index in [0.29, 0.717) is 19.1 Å². The van der Waals surface area contributed by atoms with Gasteiger partial charge in [0.05, 0.1) is 0 Å². The Balaban J connectivity index is 2.41. The number of amides is 1. The molecule has 1 aliphatic heterocycles. The highest BCUT2D eigenvalue weighted by Crippen LogP contribution is 2.08. The van der Waals surface area contributed by atoms with Crippen molar-refractivity contribution in [2.75, 3.05) is 26.2 Å². The average Bonchev–Trinajstić information content (AvgIpc) is 2.35. The third-order valence-electron chi connectivity index (χ3n) is 3.21. The van der Waals surface area contributed by atoms with Gasteiger partial charge in [-0.05, 0) is 13.3 Å². The number of carbonyl (C=O) groups is 2. The summed E-state index contributed by atoms with van der Waals surface area (Å²) in [4.78, 5) is 26.0. The molecule has 0 aliphatic carbocycles. The molecule has 1 heterocycles. The number of aliphatic carboxylic acids is 1.